The van der Waals surface area contributed by atoms with E-state index in [1.165, 1.54) is 0 Å². The average molecular weight is 233 g/mol. The number of nitriles is 1. The first-order valence-electron chi connectivity index (χ1n) is 5.56. The summed E-state index contributed by atoms with van der Waals surface area (Å²) in [5.74, 6) is 6.52. The molecule has 0 aliphatic heterocycles. The van der Waals surface area contributed by atoms with E-state index in [0.29, 0.717) is 11.7 Å². The summed E-state index contributed by atoms with van der Waals surface area (Å²) in [4.78, 5) is 0. The van der Waals surface area contributed by atoms with Crippen molar-refractivity contribution in [2.45, 2.75) is 32.2 Å². The molecule has 1 aromatic rings. The Bertz CT molecular complexity index is 437. The van der Waals surface area contributed by atoms with Gasteiger partial charge >= 0.3 is 0 Å². The number of benzene rings is 1. The molecular weight excluding hydrogens is 214 g/mol. The summed E-state index contributed by atoms with van der Waals surface area (Å²) in [7, 11) is 1.59. The zero-order valence-electron chi connectivity index (χ0n) is 10.7. The summed E-state index contributed by atoms with van der Waals surface area (Å²) in [6.07, 6.45) is 0. The molecule has 1 rings (SSSR count). The van der Waals surface area contributed by atoms with E-state index in [1.54, 1.807) is 14.0 Å². The van der Waals surface area contributed by atoms with Crippen LogP contribution in [-0.4, -0.2) is 7.11 Å². The van der Waals surface area contributed by atoms with Crippen molar-refractivity contribution in [1.82, 2.24) is 5.43 Å². The number of nitrogens with one attached hydrogen (secondary N) is 1. The second-order valence-corrected chi connectivity index (χ2v) is 4.50. The first-order chi connectivity index (χ1) is 7.98. The third-order valence-electron chi connectivity index (χ3n) is 2.94. The maximum Gasteiger partial charge on any atom is 0.145 e. The average Bonchev–Trinajstić information content (AvgIpc) is 2.36. The summed E-state index contributed by atoms with van der Waals surface area (Å²) < 4.78 is 5.28. The van der Waals surface area contributed by atoms with E-state index in [9.17, 15) is 5.26 Å². The fraction of sp³-hybridized carbons (Fsp3) is 0.462. The molecule has 3 N–H and O–H groups in total. The van der Waals surface area contributed by atoms with Gasteiger partial charge in [0.25, 0.3) is 0 Å². The number of methoxy groups -OCH3 is 1. The van der Waals surface area contributed by atoms with Crippen molar-refractivity contribution in [3.8, 4) is 11.8 Å². The second-order valence-electron chi connectivity index (χ2n) is 4.50. The van der Waals surface area contributed by atoms with Gasteiger partial charge in [0.1, 0.15) is 11.3 Å². The lowest BCUT2D eigenvalue weighted by atomic mass is 9.89. The number of rotatable bonds is 4. The van der Waals surface area contributed by atoms with Crippen LogP contribution in [0.25, 0.3) is 0 Å². The van der Waals surface area contributed by atoms with Gasteiger partial charge in [-0.05, 0) is 30.5 Å². The highest BCUT2D eigenvalue weighted by molar-refractivity contribution is 5.45. The number of hydrogen-bond acceptors (Lipinski definition) is 4. The van der Waals surface area contributed by atoms with E-state index in [-0.39, 0.29) is 0 Å². The molecule has 4 nitrogen and oxygen atoms in total. The molecule has 1 atom stereocenters. The van der Waals surface area contributed by atoms with Crippen LogP contribution in [0, 0.1) is 11.3 Å². The van der Waals surface area contributed by atoms with Crippen LogP contribution in [0.15, 0.2) is 18.2 Å². The van der Waals surface area contributed by atoms with Crippen LogP contribution in [0.5, 0.6) is 5.75 Å². The standard InChI is InChI=1S/C13H19N3O/c1-9(2)10-5-6-12(17-4)11(7-10)13(3,8-14)16-15/h5-7,9,16H,15H2,1-4H3. The number of ether oxygens (including phenoxy) is 1. The number of nitrogens with zero attached hydrogens (tertiary/aromatic N) is 1. The Hall–Kier alpha value is -1.57. The maximum absolute atomic E-state index is 9.24. The van der Waals surface area contributed by atoms with E-state index in [1.807, 2.05) is 18.2 Å². The van der Waals surface area contributed by atoms with E-state index in [0.717, 1.165) is 11.1 Å². The van der Waals surface area contributed by atoms with Crippen LogP contribution in [0.2, 0.25) is 0 Å². The molecule has 1 aromatic carbocycles. The van der Waals surface area contributed by atoms with Crippen molar-refractivity contribution < 1.29 is 4.74 Å². The zero-order chi connectivity index (χ0) is 13.1. The summed E-state index contributed by atoms with van der Waals surface area (Å²) in [5, 5.41) is 9.24. The SMILES string of the molecule is COc1ccc(C(C)C)cc1C(C)(C#N)NN. The molecular formula is C13H19N3O. The van der Waals surface area contributed by atoms with Crippen LogP contribution < -0.4 is 16.0 Å². The van der Waals surface area contributed by atoms with E-state index < -0.39 is 5.54 Å². The Morgan fingerprint density at radius 2 is 2.12 bits per heavy atom. The summed E-state index contributed by atoms with van der Waals surface area (Å²) in [6, 6.07) is 8.01. The van der Waals surface area contributed by atoms with Gasteiger partial charge < -0.3 is 4.74 Å². The highest BCUT2D eigenvalue weighted by Crippen LogP contribution is 2.31. The molecule has 0 saturated heterocycles. The second kappa shape index (κ2) is 5.17. The molecule has 17 heavy (non-hydrogen) atoms. The highest BCUT2D eigenvalue weighted by Gasteiger charge is 2.28. The topological polar surface area (TPSA) is 71.1 Å². The van der Waals surface area contributed by atoms with Crippen molar-refractivity contribution >= 4 is 0 Å². The lowest BCUT2D eigenvalue weighted by molar-refractivity contribution is 0.386. The lowest BCUT2D eigenvalue weighted by Gasteiger charge is -2.24. The largest absolute Gasteiger partial charge is 0.496 e. The normalized spacial score (nSPS) is 14.2. The smallest absolute Gasteiger partial charge is 0.145 e. The Morgan fingerprint density at radius 3 is 2.53 bits per heavy atom. The van der Waals surface area contributed by atoms with Crippen molar-refractivity contribution in [2.24, 2.45) is 5.84 Å². The van der Waals surface area contributed by atoms with Gasteiger partial charge in [0.15, 0.2) is 0 Å². The van der Waals surface area contributed by atoms with Crippen molar-refractivity contribution in [3.05, 3.63) is 29.3 Å². The van der Waals surface area contributed by atoms with Crippen LogP contribution in [0.1, 0.15) is 37.8 Å². The molecule has 0 bridgehead atoms. The van der Waals surface area contributed by atoms with Gasteiger partial charge in [-0.25, -0.2) is 5.43 Å². The van der Waals surface area contributed by atoms with Gasteiger partial charge in [-0.15, -0.1) is 0 Å². The minimum atomic E-state index is -0.948. The summed E-state index contributed by atoms with van der Waals surface area (Å²) in [6.45, 7) is 5.94. The van der Waals surface area contributed by atoms with Crippen LogP contribution >= 0.6 is 0 Å². The first kappa shape index (κ1) is 13.5. The van der Waals surface area contributed by atoms with E-state index in [2.05, 4.69) is 25.3 Å². The number of hydrogen-bond donors (Lipinski definition) is 2. The number of nitrogens with two attached hydrogens (primary N) is 1. The van der Waals surface area contributed by atoms with Gasteiger partial charge in [-0.2, -0.15) is 5.26 Å². The molecule has 0 heterocycles. The molecule has 0 aliphatic rings. The van der Waals surface area contributed by atoms with Crippen LogP contribution in [0.3, 0.4) is 0 Å². The van der Waals surface area contributed by atoms with Gasteiger partial charge in [0.2, 0.25) is 0 Å². The molecule has 0 aromatic heterocycles. The maximum atomic E-state index is 9.24. The van der Waals surface area contributed by atoms with E-state index in [4.69, 9.17) is 10.6 Å². The minimum Gasteiger partial charge on any atom is -0.496 e. The van der Waals surface area contributed by atoms with Gasteiger partial charge in [0.05, 0.1) is 13.2 Å². The molecule has 0 aliphatic carbocycles. The Labute approximate surface area is 102 Å². The predicted octanol–water partition coefficient (Wildman–Crippen LogP) is 2.02. The highest BCUT2D eigenvalue weighted by atomic mass is 16.5. The molecule has 0 spiro atoms. The Morgan fingerprint density at radius 1 is 1.47 bits per heavy atom. The molecule has 0 fully saturated rings. The Balaban J connectivity index is 3.38. The van der Waals surface area contributed by atoms with Gasteiger partial charge in [0, 0.05) is 5.56 Å². The third-order valence-corrected chi connectivity index (χ3v) is 2.94. The van der Waals surface area contributed by atoms with Crippen molar-refractivity contribution in [3.63, 3.8) is 0 Å². The molecule has 4 heteroatoms. The first-order valence-corrected chi connectivity index (χ1v) is 5.56. The summed E-state index contributed by atoms with van der Waals surface area (Å²) in [5.41, 5.74) is 3.51. The fourth-order valence-corrected chi connectivity index (χ4v) is 1.65. The van der Waals surface area contributed by atoms with E-state index >= 15 is 0 Å². The Kier molecular flexibility index (Phi) is 4.11. The van der Waals surface area contributed by atoms with Crippen molar-refractivity contribution in [2.75, 3.05) is 7.11 Å². The fourth-order valence-electron chi connectivity index (χ4n) is 1.65. The van der Waals surface area contributed by atoms with Crippen LogP contribution in [0.4, 0.5) is 0 Å². The monoisotopic (exact) mass is 233 g/mol. The molecule has 0 saturated carbocycles. The third kappa shape index (κ3) is 2.57. The zero-order valence-corrected chi connectivity index (χ0v) is 10.7. The molecule has 0 amide bonds. The van der Waals surface area contributed by atoms with Crippen LogP contribution in [-0.2, 0) is 5.54 Å². The molecule has 92 valence electrons. The molecule has 1 unspecified atom stereocenters. The lowest BCUT2D eigenvalue weighted by Crippen LogP contribution is -2.43. The summed E-state index contributed by atoms with van der Waals surface area (Å²) >= 11 is 0. The van der Waals surface area contributed by atoms with Gasteiger partial charge in [-0.1, -0.05) is 19.9 Å². The predicted molar refractivity (Wildman–Crippen MR) is 67.4 cm³/mol. The van der Waals surface area contributed by atoms with Crippen molar-refractivity contribution in [1.29, 1.82) is 5.26 Å². The molecule has 0 radical (unpaired) electrons. The quantitative estimate of drug-likeness (QED) is 0.616. The van der Waals surface area contributed by atoms with Gasteiger partial charge in [-0.3, -0.25) is 5.84 Å². The number of hydrazine groups is 1. The minimum absolute atomic E-state index is 0.389.